The second-order valence-corrected chi connectivity index (χ2v) is 6.83. The lowest BCUT2D eigenvalue weighted by Gasteiger charge is -2.47. The van der Waals surface area contributed by atoms with E-state index >= 15 is 0 Å². The molecule has 1 saturated heterocycles. The fraction of sp³-hybridized carbons (Fsp3) is 0.714. The highest BCUT2D eigenvalue weighted by Gasteiger charge is 2.52. The fourth-order valence-electron chi connectivity index (χ4n) is 2.79. The highest BCUT2D eigenvalue weighted by atomic mass is 16.3. The molecule has 0 aromatic carbocycles. The van der Waals surface area contributed by atoms with Crippen molar-refractivity contribution in [2.24, 2.45) is 5.92 Å². The third-order valence-corrected chi connectivity index (χ3v) is 4.11. The van der Waals surface area contributed by atoms with Crippen molar-refractivity contribution in [2.45, 2.75) is 44.8 Å². The number of rotatable bonds is 2. The van der Waals surface area contributed by atoms with Gasteiger partial charge in [0, 0.05) is 17.9 Å². The number of β-amino-alcohol motifs (C(OH)–C–C–N with tert-alkyl or cyclic N) is 1. The van der Waals surface area contributed by atoms with Crippen LogP contribution < -0.4 is 10.5 Å². The molecule has 0 spiro atoms. The van der Waals surface area contributed by atoms with Gasteiger partial charge in [-0.3, -0.25) is 4.79 Å². The third kappa shape index (κ3) is 2.06. The van der Waals surface area contributed by atoms with Gasteiger partial charge in [0.05, 0.1) is 13.1 Å². The van der Waals surface area contributed by atoms with Gasteiger partial charge in [0.25, 0.3) is 5.56 Å². The van der Waals surface area contributed by atoms with Crippen LogP contribution in [0.2, 0.25) is 0 Å². The molecule has 1 saturated carbocycles. The number of nitrogens with zero attached hydrogens (tertiary/aromatic N) is 3. The first-order chi connectivity index (χ1) is 8.81. The molecule has 19 heavy (non-hydrogen) atoms. The Morgan fingerprint density at radius 2 is 2.00 bits per heavy atom. The number of aliphatic hydroxyl groups is 1. The van der Waals surface area contributed by atoms with E-state index in [-0.39, 0.29) is 11.1 Å². The van der Waals surface area contributed by atoms with E-state index in [1.54, 1.807) is 17.0 Å². The van der Waals surface area contributed by atoms with E-state index in [9.17, 15) is 9.90 Å². The minimum absolute atomic E-state index is 0.0761. The monoisotopic (exact) mass is 263 g/mol. The van der Waals surface area contributed by atoms with Crippen molar-refractivity contribution in [1.82, 2.24) is 9.55 Å². The van der Waals surface area contributed by atoms with Crippen molar-refractivity contribution in [3.05, 3.63) is 22.7 Å². The second-order valence-electron chi connectivity index (χ2n) is 6.83. The van der Waals surface area contributed by atoms with E-state index in [1.165, 1.54) is 0 Å². The summed E-state index contributed by atoms with van der Waals surface area (Å²) in [6, 6.07) is 0. The Morgan fingerprint density at radius 3 is 2.53 bits per heavy atom. The second kappa shape index (κ2) is 3.82. The van der Waals surface area contributed by atoms with Crippen molar-refractivity contribution in [3.63, 3.8) is 0 Å². The molecule has 1 N–H and O–H groups in total. The van der Waals surface area contributed by atoms with Gasteiger partial charge in [0.15, 0.2) is 5.82 Å². The van der Waals surface area contributed by atoms with Gasteiger partial charge in [-0.2, -0.15) is 0 Å². The molecule has 104 valence electrons. The highest BCUT2D eigenvalue weighted by Crippen LogP contribution is 2.44. The lowest BCUT2D eigenvalue weighted by Crippen LogP contribution is -2.64. The van der Waals surface area contributed by atoms with E-state index in [2.05, 4.69) is 4.98 Å². The van der Waals surface area contributed by atoms with Crippen LogP contribution >= 0.6 is 0 Å². The maximum absolute atomic E-state index is 12.4. The van der Waals surface area contributed by atoms with Crippen LogP contribution in [-0.4, -0.2) is 33.3 Å². The standard InChI is InChI=1S/C14H21N3O2/c1-13(2,3)17-7-6-15-11(12(17)18)16-8-14(19,9-16)10-4-5-10/h6-7,10,19H,4-5,8-9H2,1-3H3. The zero-order valence-electron chi connectivity index (χ0n) is 11.8. The average molecular weight is 263 g/mol. The summed E-state index contributed by atoms with van der Waals surface area (Å²) < 4.78 is 1.70. The van der Waals surface area contributed by atoms with Crippen LogP contribution in [0, 0.1) is 5.92 Å². The molecule has 2 heterocycles. The van der Waals surface area contributed by atoms with Crippen LogP contribution in [0.25, 0.3) is 0 Å². The normalized spacial score (nSPS) is 22.2. The highest BCUT2D eigenvalue weighted by molar-refractivity contribution is 5.43. The lowest BCUT2D eigenvalue weighted by molar-refractivity contribution is -0.00996. The van der Waals surface area contributed by atoms with Gasteiger partial charge in [-0.15, -0.1) is 0 Å². The molecule has 0 atom stereocenters. The van der Waals surface area contributed by atoms with Gasteiger partial charge in [-0.25, -0.2) is 4.98 Å². The summed E-state index contributed by atoms with van der Waals surface area (Å²) in [5, 5.41) is 10.3. The van der Waals surface area contributed by atoms with Crippen molar-refractivity contribution in [1.29, 1.82) is 0 Å². The number of hydrogen-bond acceptors (Lipinski definition) is 4. The molecule has 2 aliphatic rings. The molecule has 1 aliphatic carbocycles. The Bertz CT molecular complexity index is 549. The maximum Gasteiger partial charge on any atom is 0.293 e. The molecular formula is C14H21N3O2. The van der Waals surface area contributed by atoms with Crippen molar-refractivity contribution < 1.29 is 5.11 Å². The predicted octanol–water partition coefficient (Wildman–Crippen LogP) is 0.959. The van der Waals surface area contributed by atoms with E-state index in [0.29, 0.717) is 24.8 Å². The molecule has 0 bridgehead atoms. The summed E-state index contributed by atoms with van der Waals surface area (Å²) in [5.41, 5.74) is -0.920. The zero-order valence-corrected chi connectivity index (χ0v) is 11.8. The van der Waals surface area contributed by atoms with Crippen LogP contribution in [0.1, 0.15) is 33.6 Å². The third-order valence-electron chi connectivity index (χ3n) is 4.11. The zero-order chi connectivity index (χ0) is 13.8. The van der Waals surface area contributed by atoms with Crippen molar-refractivity contribution in [3.8, 4) is 0 Å². The SMILES string of the molecule is CC(C)(C)n1ccnc(N2CC(O)(C3CC3)C2)c1=O. The molecule has 1 aliphatic heterocycles. The Balaban J connectivity index is 1.85. The maximum atomic E-state index is 12.4. The van der Waals surface area contributed by atoms with Crippen LogP contribution in [0.3, 0.4) is 0 Å². The van der Waals surface area contributed by atoms with E-state index in [4.69, 9.17) is 0 Å². The largest absolute Gasteiger partial charge is 0.386 e. The Kier molecular flexibility index (Phi) is 2.55. The quantitative estimate of drug-likeness (QED) is 0.863. The molecule has 0 radical (unpaired) electrons. The molecule has 1 aromatic heterocycles. The number of aromatic nitrogens is 2. The molecule has 3 rings (SSSR count). The summed E-state index contributed by atoms with van der Waals surface area (Å²) in [6.45, 7) is 7.06. The Labute approximate surface area is 112 Å². The van der Waals surface area contributed by atoms with Gasteiger partial charge in [-0.05, 0) is 39.5 Å². The minimum atomic E-state index is -0.587. The fourth-order valence-corrected chi connectivity index (χ4v) is 2.79. The predicted molar refractivity (Wildman–Crippen MR) is 73.4 cm³/mol. The van der Waals surface area contributed by atoms with Crippen LogP contribution in [0.5, 0.6) is 0 Å². The Morgan fingerprint density at radius 1 is 1.37 bits per heavy atom. The van der Waals surface area contributed by atoms with Gasteiger partial charge in [0.1, 0.15) is 5.60 Å². The number of hydrogen-bond donors (Lipinski definition) is 1. The van der Waals surface area contributed by atoms with Crippen LogP contribution in [-0.2, 0) is 5.54 Å². The topological polar surface area (TPSA) is 58.4 Å². The molecule has 0 unspecified atom stereocenters. The molecular weight excluding hydrogens is 242 g/mol. The first-order valence-corrected chi connectivity index (χ1v) is 6.87. The van der Waals surface area contributed by atoms with Crippen LogP contribution in [0.15, 0.2) is 17.2 Å². The molecule has 2 fully saturated rings. The van der Waals surface area contributed by atoms with Crippen molar-refractivity contribution >= 4 is 5.82 Å². The average Bonchev–Trinajstić information content (AvgIpc) is 3.07. The first kappa shape index (κ1) is 12.7. The summed E-state index contributed by atoms with van der Waals surface area (Å²) in [5.74, 6) is 0.889. The summed E-state index contributed by atoms with van der Waals surface area (Å²) in [7, 11) is 0. The lowest BCUT2D eigenvalue weighted by atomic mass is 9.89. The molecule has 0 amide bonds. The van der Waals surface area contributed by atoms with E-state index in [1.807, 2.05) is 25.7 Å². The molecule has 5 nitrogen and oxygen atoms in total. The van der Waals surface area contributed by atoms with Gasteiger partial charge >= 0.3 is 0 Å². The van der Waals surface area contributed by atoms with Crippen LogP contribution in [0.4, 0.5) is 5.82 Å². The smallest absolute Gasteiger partial charge is 0.293 e. The Hall–Kier alpha value is -1.36. The van der Waals surface area contributed by atoms with Gasteiger partial charge < -0.3 is 14.6 Å². The summed E-state index contributed by atoms with van der Waals surface area (Å²) >= 11 is 0. The molecule has 5 heteroatoms. The summed E-state index contributed by atoms with van der Waals surface area (Å²) in [4.78, 5) is 18.5. The molecule has 1 aromatic rings. The minimum Gasteiger partial charge on any atom is -0.386 e. The number of anilines is 1. The van der Waals surface area contributed by atoms with Gasteiger partial charge in [-0.1, -0.05) is 0 Å². The van der Waals surface area contributed by atoms with Gasteiger partial charge in [0.2, 0.25) is 0 Å². The van der Waals surface area contributed by atoms with E-state index < -0.39 is 5.60 Å². The summed E-state index contributed by atoms with van der Waals surface area (Å²) in [6.07, 6.45) is 5.60. The van der Waals surface area contributed by atoms with E-state index in [0.717, 1.165) is 12.8 Å². The van der Waals surface area contributed by atoms with Crippen molar-refractivity contribution in [2.75, 3.05) is 18.0 Å². The first-order valence-electron chi connectivity index (χ1n) is 6.87.